The van der Waals surface area contributed by atoms with Crippen LogP contribution >= 0.6 is 11.6 Å². The standard InChI is InChI=1S/C18H24ClN3O3/c1-13(2)12-22(10-11-24-3)17(23)9-8-16-20-18(21-25-16)14-4-6-15(19)7-5-14/h4-7,13H,8-12H2,1-3H3. The maximum atomic E-state index is 12.4. The molecule has 25 heavy (non-hydrogen) atoms. The zero-order valence-electron chi connectivity index (χ0n) is 14.9. The molecule has 0 saturated carbocycles. The second kappa shape index (κ2) is 9.53. The lowest BCUT2D eigenvalue weighted by molar-refractivity contribution is -0.132. The van der Waals surface area contributed by atoms with Crippen molar-refractivity contribution in [3.63, 3.8) is 0 Å². The van der Waals surface area contributed by atoms with Gasteiger partial charge in [-0.05, 0) is 30.2 Å². The van der Waals surface area contributed by atoms with Crippen molar-refractivity contribution in [3.8, 4) is 11.4 Å². The molecule has 0 N–H and O–H groups in total. The summed E-state index contributed by atoms with van der Waals surface area (Å²) in [5.74, 6) is 1.42. The van der Waals surface area contributed by atoms with Gasteiger partial charge in [0, 0.05) is 43.6 Å². The molecule has 1 amide bonds. The van der Waals surface area contributed by atoms with E-state index in [9.17, 15) is 4.79 Å². The highest BCUT2D eigenvalue weighted by Gasteiger charge is 2.16. The fourth-order valence-electron chi connectivity index (χ4n) is 2.40. The van der Waals surface area contributed by atoms with Crippen LogP contribution in [0.2, 0.25) is 5.02 Å². The zero-order chi connectivity index (χ0) is 18.2. The maximum Gasteiger partial charge on any atom is 0.227 e. The van der Waals surface area contributed by atoms with Crippen LogP contribution in [0, 0.1) is 5.92 Å². The highest BCUT2D eigenvalue weighted by atomic mass is 35.5. The molecule has 0 aliphatic heterocycles. The van der Waals surface area contributed by atoms with Crippen molar-refractivity contribution < 1.29 is 14.1 Å². The smallest absolute Gasteiger partial charge is 0.227 e. The normalized spacial score (nSPS) is 11.1. The van der Waals surface area contributed by atoms with Crippen LogP contribution < -0.4 is 0 Å². The number of carbonyl (C=O) groups is 1. The zero-order valence-corrected chi connectivity index (χ0v) is 15.6. The van der Waals surface area contributed by atoms with Crippen LogP contribution in [0.3, 0.4) is 0 Å². The number of hydrogen-bond acceptors (Lipinski definition) is 5. The molecule has 2 rings (SSSR count). The van der Waals surface area contributed by atoms with E-state index in [2.05, 4.69) is 24.0 Å². The molecule has 136 valence electrons. The minimum Gasteiger partial charge on any atom is -0.383 e. The number of carbonyl (C=O) groups excluding carboxylic acids is 1. The van der Waals surface area contributed by atoms with Crippen LogP contribution in [0.4, 0.5) is 0 Å². The van der Waals surface area contributed by atoms with Gasteiger partial charge in [-0.3, -0.25) is 4.79 Å². The van der Waals surface area contributed by atoms with Gasteiger partial charge in [0.15, 0.2) is 0 Å². The molecule has 0 radical (unpaired) electrons. The molecule has 0 bridgehead atoms. The largest absolute Gasteiger partial charge is 0.383 e. The van der Waals surface area contributed by atoms with E-state index in [0.29, 0.717) is 55.2 Å². The van der Waals surface area contributed by atoms with Crippen molar-refractivity contribution in [2.75, 3.05) is 26.8 Å². The number of rotatable bonds is 9. The van der Waals surface area contributed by atoms with Gasteiger partial charge in [-0.25, -0.2) is 0 Å². The van der Waals surface area contributed by atoms with Crippen molar-refractivity contribution >= 4 is 17.5 Å². The molecule has 0 unspecified atom stereocenters. The van der Waals surface area contributed by atoms with Gasteiger partial charge >= 0.3 is 0 Å². The van der Waals surface area contributed by atoms with E-state index in [-0.39, 0.29) is 5.91 Å². The Balaban J connectivity index is 1.93. The molecule has 0 atom stereocenters. The Morgan fingerprint density at radius 1 is 1.32 bits per heavy atom. The van der Waals surface area contributed by atoms with Crippen molar-refractivity contribution in [3.05, 3.63) is 35.2 Å². The lowest BCUT2D eigenvalue weighted by Crippen LogP contribution is -2.36. The number of methoxy groups -OCH3 is 1. The number of aryl methyl sites for hydroxylation is 1. The van der Waals surface area contributed by atoms with Gasteiger partial charge in [-0.2, -0.15) is 4.98 Å². The second-order valence-corrected chi connectivity index (χ2v) is 6.68. The van der Waals surface area contributed by atoms with Gasteiger partial charge in [0.2, 0.25) is 17.6 Å². The molecule has 0 spiro atoms. The third kappa shape index (κ3) is 6.14. The van der Waals surface area contributed by atoms with E-state index in [1.165, 1.54) is 0 Å². The first kappa shape index (κ1) is 19.4. The Kier molecular flexibility index (Phi) is 7.40. The molecular weight excluding hydrogens is 342 g/mol. The first-order valence-corrected chi connectivity index (χ1v) is 8.72. The van der Waals surface area contributed by atoms with Crippen molar-refractivity contribution in [1.82, 2.24) is 15.0 Å². The Hall–Kier alpha value is -1.92. The van der Waals surface area contributed by atoms with Gasteiger partial charge in [0.1, 0.15) is 0 Å². The minimum absolute atomic E-state index is 0.0667. The first-order valence-electron chi connectivity index (χ1n) is 8.35. The third-order valence-corrected chi connectivity index (χ3v) is 3.88. The van der Waals surface area contributed by atoms with Crippen LogP contribution in [0.1, 0.15) is 26.2 Å². The van der Waals surface area contributed by atoms with Crippen LogP contribution in [-0.4, -0.2) is 47.8 Å². The molecule has 1 aromatic heterocycles. The summed E-state index contributed by atoms with van der Waals surface area (Å²) in [6.45, 7) is 6.00. The van der Waals surface area contributed by atoms with Crippen molar-refractivity contribution in [1.29, 1.82) is 0 Å². The Morgan fingerprint density at radius 2 is 2.04 bits per heavy atom. The van der Waals surface area contributed by atoms with Crippen molar-refractivity contribution in [2.24, 2.45) is 5.92 Å². The molecule has 1 heterocycles. The molecule has 7 heteroatoms. The monoisotopic (exact) mass is 365 g/mol. The summed E-state index contributed by atoms with van der Waals surface area (Å²) in [5, 5.41) is 4.61. The number of hydrogen-bond donors (Lipinski definition) is 0. The van der Waals surface area contributed by atoms with Crippen LogP contribution in [0.5, 0.6) is 0 Å². The highest BCUT2D eigenvalue weighted by Crippen LogP contribution is 2.19. The molecule has 0 aliphatic rings. The van der Waals surface area contributed by atoms with Gasteiger partial charge in [-0.1, -0.05) is 30.6 Å². The van der Waals surface area contributed by atoms with E-state index in [0.717, 1.165) is 5.56 Å². The molecule has 2 aromatic rings. The lowest BCUT2D eigenvalue weighted by Gasteiger charge is -2.24. The molecular formula is C18H24ClN3O3. The average Bonchev–Trinajstić information content (AvgIpc) is 3.05. The van der Waals surface area contributed by atoms with Crippen molar-refractivity contribution in [2.45, 2.75) is 26.7 Å². The summed E-state index contributed by atoms with van der Waals surface area (Å²) in [4.78, 5) is 18.6. The second-order valence-electron chi connectivity index (χ2n) is 6.25. The summed E-state index contributed by atoms with van der Waals surface area (Å²) in [6.07, 6.45) is 0.750. The number of benzene rings is 1. The third-order valence-electron chi connectivity index (χ3n) is 3.63. The fourth-order valence-corrected chi connectivity index (χ4v) is 2.53. The van der Waals surface area contributed by atoms with Gasteiger partial charge in [0.05, 0.1) is 6.61 Å². The van der Waals surface area contributed by atoms with Crippen LogP contribution in [0.15, 0.2) is 28.8 Å². The van der Waals surface area contributed by atoms with E-state index >= 15 is 0 Å². The van der Waals surface area contributed by atoms with Crippen LogP contribution in [-0.2, 0) is 16.0 Å². The number of ether oxygens (including phenoxy) is 1. The van der Waals surface area contributed by atoms with Gasteiger partial charge in [0.25, 0.3) is 0 Å². The Bertz CT molecular complexity index is 670. The van der Waals surface area contributed by atoms with E-state index in [1.807, 2.05) is 17.0 Å². The first-order chi connectivity index (χ1) is 12.0. The molecule has 0 aliphatic carbocycles. The maximum absolute atomic E-state index is 12.4. The quantitative estimate of drug-likeness (QED) is 0.680. The van der Waals surface area contributed by atoms with Crippen LogP contribution in [0.25, 0.3) is 11.4 Å². The Labute approximate surface area is 153 Å². The summed E-state index contributed by atoms with van der Waals surface area (Å²) < 4.78 is 10.3. The lowest BCUT2D eigenvalue weighted by atomic mass is 10.2. The van der Waals surface area contributed by atoms with E-state index in [1.54, 1.807) is 19.2 Å². The highest BCUT2D eigenvalue weighted by molar-refractivity contribution is 6.30. The summed E-state index contributed by atoms with van der Waals surface area (Å²) in [7, 11) is 1.63. The van der Waals surface area contributed by atoms with E-state index in [4.69, 9.17) is 20.9 Å². The van der Waals surface area contributed by atoms with Gasteiger partial charge < -0.3 is 14.2 Å². The number of aromatic nitrogens is 2. The summed E-state index contributed by atoms with van der Waals surface area (Å²) in [6, 6.07) is 7.21. The predicted molar refractivity (Wildman–Crippen MR) is 96.4 cm³/mol. The molecule has 0 saturated heterocycles. The fraction of sp³-hybridized carbons (Fsp3) is 0.500. The number of halogens is 1. The van der Waals surface area contributed by atoms with E-state index < -0.39 is 0 Å². The molecule has 1 aromatic carbocycles. The molecule has 6 nitrogen and oxygen atoms in total. The number of amides is 1. The predicted octanol–water partition coefficient (Wildman–Crippen LogP) is 3.45. The summed E-state index contributed by atoms with van der Waals surface area (Å²) in [5.41, 5.74) is 0.826. The summed E-state index contributed by atoms with van der Waals surface area (Å²) >= 11 is 5.88. The topological polar surface area (TPSA) is 68.5 Å². The minimum atomic E-state index is 0.0667. The number of nitrogens with zero attached hydrogens (tertiary/aromatic N) is 3. The average molecular weight is 366 g/mol. The SMILES string of the molecule is COCCN(CC(C)C)C(=O)CCc1nc(-c2ccc(Cl)cc2)no1. The van der Waals surface area contributed by atoms with Gasteiger partial charge in [-0.15, -0.1) is 0 Å². The Morgan fingerprint density at radius 3 is 2.68 bits per heavy atom. The molecule has 0 fully saturated rings.